The number of hydrogen-bond acceptors (Lipinski definition) is 3. The van der Waals surface area contributed by atoms with Gasteiger partial charge in [0, 0.05) is 19.0 Å². The first-order valence-electron chi connectivity index (χ1n) is 8.24. The molecule has 1 fully saturated rings. The van der Waals surface area contributed by atoms with Gasteiger partial charge in [-0.25, -0.2) is 0 Å². The van der Waals surface area contributed by atoms with Crippen LogP contribution in [0.3, 0.4) is 0 Å². The molecular weight excluding hydrogens is 268 g/mol. The van der Waals surface area contributed by atoms with Crippen molar-refractivity contribution < 1.29 is 14.7 Å². The maximum atomic E-state index is 12.3. The number of piperidine rings is 1. The van der Waals surface area contributed by atoms with Crippen LogP contribution >= 0.6 is 0 Å². The first kappa shape index (κ1) is 18.0. The molecule has 0 bridgehead atoms. The molecule has 0 aromatic heterocycles. The van der Waals surface area contributed by atoms with Crippen molar-refractivity contribution >= 4 is 11.9 Å². The average molecular weight is 298 g/mol. The molecule has 2 unspecified atom stereocenters. The van der Waals surface area contributed by atoms with Crippen LogP contribution in [0.2, 0.25) is 0 Å². The van der Waals surface area contributed by atoms with Gasteiger partial charge in [-0.2, -0.15) is 0 Å². The lowest BCUT2D eigenvalue weighted by Gasteiger charge is -2.36. The van der Waals surface area contributed by atoms with E-state index >= 15 is 0 Å². The van der Waals surface area contributed by atoms with Gasteiger partial charge in [-0.1, -0.05) is 13.8 Å². The van der Waals surface area contributed by atoms with E-state index in [4.69, 9.17) is 5.11 Å². The molecule has 122 valence electrons. The minimum Gasteiger partial charge on any atom is -0.481 e. The molecule has 1 heterocycles. The van der Waals surface area contributed by atoms with Crippen LogP contribution in [-0.4, -0.2) is 47.1 Å². The number of hydrogen-bond donors (Lipinski definition) is 2. The number of aliphatic carboxylic acids is 1. The third-order valence-electron chi connectivity index (χ3n) is 4.58. The maximum absolute atomic E-state index is 12.3. The second kappa shape index (κ2) is 9.03. The van der Waals surface area contributed by atoms with Gasteiger partial charge in [-0.05, 0) is 51.5 Å². The molecule has 5 nitrogen and oxygen atoms in total. The second-order valence-electron chi connectivity index (χ2n) is 6.13. The first-order chi connectivity index (χ1) is 9.97. The molecule has 1 amide bonds. The topological polar surface area (TPSA) is 69.6 Å². The van der Waals surface area contributed by atoms with Crippen LogP contribution in [0.15, 0.2) is 0 Å². The molecule has 0 radical (unpaired) electrons. The molecule has 1 saturated heterocycles. The van der Waals surface area contributed by atoms with Crippen LogP contribution in [0, 0.1) is 5.92 Å². The zero-order chi connectivity index (χ0) is 15.8. The van der Waals surface area contributed by atoms with Gasteiger partial charge in [-0.15, -0.1) is 0 Å². The minimum absolute atomic E-state index is 0.0996. The Bertz CT molecular complexity index is 342. The summed E-state index contributed by atoms with van der Waals surface area (Å²) in [6, 6.07) is 0.130. The van der Waals surface area contributed by atoms with E-state index in [0.29, 0.717) is 12.3 Å². The van der Waals surface area contributed by atoms with Crippen molar-refractivity contribution in [3.05, 3.63) is 0 Å². The third kappa shape index (κ3) is 6.04. The summed E-state index contributed by atoms with van der Waals surface area (Å²) in [6.07, 6.45) is 4.98. The fraction of sp³-hybridized carbons (Fsp3) is 0.875. The lowest BCUT2D eigenvalue weighted by Crippen LogP contribution is -2.51. The molecule has 2 atom stereocenters. The number of nitrogens with zero attached hydrogens (tertiary/aromatic N) is 1. The number of amides is 1. The molecule has 0 aromatic rings. The minimum atomic E-state index is -0.730. The highest BCUT2D eigenvalue weighted by Gasteiger charge is 2.28. The highest BCUT2D eigenvalue weighted by Crippen LogP contribution is 2.22. The summed E-state index contributed by atoms with van der Waals surface area (Å²) in [4.78, 5) is 25.2. The Kier molecular flexibility index (Phi) is 7.72. The molecule has 0 aliphatic carbocycles. The molecule has 1 aliphatic rings. The molecule has 1 rings (SSSR count). The smallest absolute Gasteiger partial charge is 0.303 e. The zero-order valence-corrected chi connectivity index (χ0v) is 13.6. The number of carbonyl (C=O) groups excluding carboxylic acids is 1. The van der Waals surface area contributed by atoms with Crippen molar-refractivity contribution in [2.24, 2.45) is 5.92 Å². The fourth-order valence-corrected chi connectivity index (χ4v) is 2.99. The predicted molar refractivity (Wildman–Crippen MR) is 83.1 cm³/mol. The summed E-state index contributed by atoms with van der Waals surface area (Å²) < 4.78 is 0. The third-order valence-corrected chi connectivity index (χ3v) is 4.58. The number of carboxylic acids is 1. The van der Waals surface area contributed by atoms with E-state index in [0.717, 1.165) is 38.8 Å². The van der Waals surface area contributed by atoms with E-state index in [-0.39, 0.29) is 24.4 Å². The summed E-state index contributed by atoms with van der Waals surface area (Å²) in [7, 11) is 0. The van der Waals surface area contributed by atoms with Gasteiger partial charge in [0.2, 0.25) is 5.91 Å². The normalized spacial score (nSPS) is 21.2. The Morgan fingerprint density at radius 1 is 1.33 bits per heavy atom. The highest BCUT2D eigenvalue weighted by atomic mass is 16.4. The van der Waals surface area contributed by atoms with Gasteiger partial charge in [0.1, 0.15) is 0 Å². The molecule has 2 N–H and O–H groups in total. The van der Waals surface area contributed by atoms with Crippen molar-refractivity contribution in [2.75, 3.05) is 13.1 Å². The van der Waals surface area contributed by atoms with Gasteiger partial charge in [0.25, 0.3) is 0 Å². The van der Waals surface area contributed by atoms with Crippen molar-refractivity contribution in [3.8, 4) is 0 Å². The van der Waals surface area contributed by atoms with E-state index in [2.05, 4.69) is 24.1 Å². The number of carbonyl (C=O) groups is 2. The van der Waals surface area contributed by atoms with E-state index in [9.17, 15) is 9.59 Å². The fourth-order valence-electron chi connectivity index (χ4n) is 2.99. The van der Waals surface area contributed by atoms with Crippen molar-refractivity contribution in [1.82, 2.24) is 10.2 Å². The summed E-state index contributed by atoms with van der Waals surface area (Å²) in [5.41, 5.74) is 0. The summed E-state index contributed by atoms with van der Waals surface area (Å²) in [5, 5.41) is 11.9. The molecule has 1 aliphatic heterocycles. The largest absolute Gasteiger partial charge is 0.481 e. The number of nitrogens with one attached hydrogen (secondary N) is 1. The second-order valence-corrected chi connectivity index (χ2v) is 6.13. The van der Waals surface area contributed by atoms with E-state index in [1.54, 1.807) is 0 Å². The Morgan fingerprint density at radius 3 is 2.57 bits per heavy atom. The zero-order valence-electron chi connectivity index (χ0n) is 13.6. The van der Waals surface area contributed by atoms with Gasteiger partial charge in [-0.3, -0.25) is 14.5 Å². The van der Waals surface area contributed by atoms with Gasteiger partial charge < -0.3 is 10.4 Å². The van der Waals surface area contributed by atoms with E-state index in [1.165, 1.54) is 0 Å². The quantitative estimate of drug-likeness (QED) is 0.721. The molecule has 0 saturated carbocycles. The van der Waals surface area contributed by atoms with Crippen LogP contribution in [0.25, 0.3) is 0 Å². The van der Waals surface area contributed by atoms with E-state index < -0.39 is 5.97 Å². The first-order valence-corrected chi connectivity index (χ1v) is 8.24. The van der Waals surface area contributed by atoms with E-state index in [1.807, 2.05) is 6.92 Å². The molecular formula is C16H30N2O3. The van der Waals surface area contributed by atoms with Gasteiger partial charge >= 0.3 is 5.97 Å². The lowest BCUT2D eigenvalue weighted by molar-refractivity contribution is -0.137. The van der Waals surface area contributed by atoms with Crippen LogP contribution in [-0.2, 0) is 9.59 Å². The molecule has 21 heavy (non-hydrogen) atoms. The average Bonchev–Trinajstić information content (AvgIpc) is 2.49. The maximum Gasteiger partial charge on any atom is 0.303 e. The standard InChI is InChI=1S/C16H30N2O3/c1-4-14(5-2)17-16(21)12(3)18-10-6-7-13(11-18)8-9-15(19)20/h12-14H,4-11H2,1-3H3,(H,17,21)(H,19,20). The Labute approximate surface area is 128 Å². The van der Waals surface area contributed by atoms with Crippen LogP contribution in [0.4, 0.5) is 0 Å². The van der Waals surface area contributed by atoms with Crippen molar-refractivity contribution in [3.63, 3.8) is 0 Å². The van der Waals surface area contributed by atoms with Gasteiger partial charge in [0.05, 0.1) is 6.04 Å². The molecule has 0 spiro atoms. The van der Waals surface area contributed by atoms with Gasteiger partial charge in [0.15, 0.2) is 0 Å². The Balaban J connectivity index is 2.46. The lowest BCUT2D eigenvalue weighted by atomic mass is 9.92. The number of likely N-dealkylation sites (tertiary alicyclic amines) is 1. The molecule has 5 heteroatoms. The Hall–Kier alpha value is -1.10. The van der Waals surface area contributed by atoms with Crippen LogP contribution in [0.1, 0.15) is 59.3 Å². The summed E-state index contributed by atoms with van der Waals surface area (Å²) >= 11 is 0. The summed E-state index contributed by atoms with van der Waals surface area (Å²) in [6.45, 7) is 7.90. The van der Waals surface area contributed by atoms with Crippen molar-refractivity contribution in [2.45, 2.75) is 71.4 Å². The predicted octanol–water partition coefficient (Wildman–Crippen LogP) is 2.26. The summed E-state index contributed by atoms with van der Waals surface area (Å²) in [5.74, 6) is -0.229. The van der Waals surface area contributed by atoms with Crippen molar-refractivity contribution in [1.29, 1.82) is 0 Å². The monoisotopic (exact) mass is 298 g/mol. The SMILES string of the molecule is CCC(CC)NC(=O)C(C)N1CCCC(CCC(=O)O)C1. The van der Waals surface area contributed by atoms with Crippen LogP contribution < -0.4 is 5.32 Å². The molecule has 0 aromatic carbocycles. The highest BCUT2D eigenvalue weighted by molar-refractivity contribution is 5.81. The number of carboxylic acid groups (broad SMARTS) is 1. The number of rotatable bonds is 8. The van der Waals surface area contributed by atoms with Crippen LogP contribution in [0.5, 0.6) is 0 Å². The Morgan fingerprint density at radius 2 is 2.00 bits per heavy atom.